The van der Waals surface area contributed by atoms with Crippen LogP contribution in [0, 0.1) is 12.8 Å². The third kappa shape index (κ3) is 4.53. The standard InChI is InChI=1S/C25H28N2O2S/c1-5-16-26(17-6-2)25(28)23-20(4)18-27(24(23)21-10-8-7-9-11-21)30(29)22-14-12-19(3)13-15-22/h5-15,23-24H,1-2,4,16-18H2,3H3/t23-,24+,30?/m1/s1. The summed E-state index contributed by atoms with van der Waals surface area (Å²) in [5.74, 6) is -0.529. The first kappa shape index (κ1) is 21.9. The van der Waals surface area contributed by atoms with Crippen molar-refractivity contribution in [3.63, 3.8) is 0 Å². The third-order valence-electron chi connectivity index (χ3n) is 5.28. The van der Waals surface area contributed by atoms with E-state index in [1.807, 2.05) is 65.8 Å². The lowest BCUT2D eigenvalue weighted by Gasteiger charge is -2.30. The van der Waals surface area contributed by atoms with Gasteiger partial charge in [0.05, 0.1) is 16.9 Å². The van der Waals surface area contributed by atoms with Crippen molar-refractivity contribution in [3.05, 3.63) is 103 Å². The monoisotopic (exact) mass is 420 g/mol. The minimum absolute atomic E-state index is 0.0444. The molecule has 1 saturated heterocycles. The minimum atomic E-state index is -1.41. The topological polar surface area (TPSA) is 40.6 Å². The van der Waals surface area contributed by atoms with Crippen molar-refractivity contribution in [1.82, 2.24) is 9.21 Å². The van der Waals surface area contributed by atoms with E-state index in [4.69, 9.17) is 0 Å². The first-order valence-corrected chi connectivity index (χ1v) is 11.1. The lowest BCUT2D eigenvalue weighted by atomic mass is 9.90. The van der Waals surface area contributed by atoms with Crippen LogP contribution in [0.5, 0.6) is 0 Å². The van der Waals surface area contributed by atoms with E-state index in [-0.39, 0.29) is 11.9 Å². The Bertz CT molecular complexity index is 943. The first-order valence-electron chi connectivity index (χ1n) is 9.96. The molecule has 0 aromatic heterocycles. The molecule has 3 rings (SSSR count). The van der Waals surface area contributed by atoms with Crippen molar-refractivity contribution in [2.45, 2.75) is 17.9 Å². The second kappa shape index (κ2) is 9.83. The fourth-order valence-corrected chi connectivity index (χ4v) is 5.19. The number of amides is 1. The summed E-state index contributed by atoms with van der Waals surface area (Å²) in [5.41, 5.74) is 2.83. The number of nitrogens with zero attached hydrogens (tertiary/aromatic N) is 2. The second-order valence-corrected chi connectivity index (χ2v) is 8.89. The zero-order chi connectivity index (χ0) is 21.7. The van der Waals surface area contributed by atoms with Gasteiger partial charge in [0.15, 0.2) is 0 Å². The fourth-order valence-electron chi connectivity index (χ4n) is 3.82. The van der Waals surface area contributed by atoms with E-state index >= 15 is 0 Å². The molecule has 156 valence electrons. The summed E-state index contributed by atoms with van der Waals surface area (Å²) in [4.78, 5) is 15.9. The van der Waals surface area contributed by atoms with Crippen LogP contribution in [0.25, 0.3) is 0 Å². The maximum Gasteiger partial charge on any atom is 0.232 e. The number of hydrogen-bond acceptors (Lipinski definition) is 2. The fraction of sp³-hybridized carbons (Fsp3) is 0.240. The molecule has 1 heterocycles. The number of hydrogen-bond donors (Lipinski definition) is 0. The Morgan fingerprint density at radius 2 is 1.70 bits per heavy atom. The highest BCUT2D eigenvalue weighted by molar-refractivity contribution is 7.82. The van der Waals surface area contributed by atoms with Gasteiger partial charge in [0.1, 0.15) is 11.0 Å². The summed E-state index contributed by atoms with van der Waals surface area (Å²) in [5, 5.41) is 0. The van der Waals surface area contributed by atoms with Crippen molar-refractivity contribution in [2.24, 2.45) is 5.92 Å². The van der Waals surface area contributed by atoms with Crippen LogP contribution in [-0.2, 0) is 15.8 Å². The van der Waals surface area contributed by atoms with E-state index < -0.39 is 16.9 Å². The zero-order valence-corrected chi connectivity index (χ0v) is 18.2. The van der Waals surface area contributed by atoms with Crippen LogP contribution in [0.15, 0.2) is 97.0 Å². The SMILES string of the molecule is C=CCN(CC=C)C(=O)[C@@H]1C(=C)CN(S(=O)c2ccc(C)cc2)[C@H]1c1ccccc1. The van der Waals surface area contributed by atoms with Gasteiger partial charge in [-0.1, -0.05) is 66.8 Å². The molecule has 0 radical (unpaired) electrons. The molecule has 3 atom stereocenters. The molecule has 1 aliphatic rings. The Morgan fingerprint density at radius 1 is 1.10 bits per heavy atom. The van der Waals surface area contributed by atoms with Gasteiger partial charge < -0.3 is 4.90 Å². The number of carbonyl (C=O) groups is 1. The van der Waals surface area contributed by atoms with Gasteiger partial charge in [0.25, 0.3) is 0 Å². The molecule has 0 aliphatic carbocycles. The van der Waals surface area contributed by atoms with Crippen LogP contribution in [-0.4, -0.2) is 39.0 Å². The Labute approximate surface area is 181 Å². The van der Waals surface area contributed by atoms with Gasteiger partial charge in [0.2, 0.25) is 5.91 Å². The van der Waals surface area contributed by atoms with Gasteiger partial charge in [0, 0.05) is 19.6 Å². The highest BCUT2D eigenvalue weighted by Crippen LogP contribution is 2.43. The normalized spacial score (nSPS) is 20.0. The molecule has 1 amide bonds. The summed E-state index contributed by atoms with van der Waals surface area (Å²) >= 11 is 0. The van der Waals surface area contributed by atoms with E-state index in [1.165, 1.54) is 0 Å². The lowest BCUT2D eigenvalue weighted by Crippen LogP contribution is -2.39. The summed E-state index contributed by atoms with van der Waals surface area (Å²) in [6.07, 6.45) is 3.41. The molecule has 0 spiro atoms. The quantitative estimate of drug-likeness (QED) is 0.592. The van der Waals surface area contributed by atoms with Crippen LogP contribution in [0.4, 0.5) is 0 Å². The van der Waals surface area contributed by atoms with E-state index in [0.29, 0.717) is 19.6 Å². The van der Waals surface area contributed by atoms with Crippen LogP contribution in [0.2, 0.25) is 0 Å². The summed E-state index contributed by atoms with van der Waals surface area (Å²) in [7, 11) is -1.41. The van der Waals surface area contributed by atoms with Gasteiger partial charge in [-0.15, -0.1) is 13.2 Å². The molecule has 2 aromatic carbocycles. The van der Waals surface area contributed by atoms with E-state index in [1.54, 1.807) is 17.1 Å². The van der Waals surface area contributed by atoms with Crippen LogP contribution < -0.4 is 0 Å². The lowest BCUT2D eigenvalue weighted by molar-refractivity contribution is -0.133. The van der Waals surface area contributed by atoms with Crippen molar-refractivity contribution >= 4 is 16.9 Å². The molecule has 30 heavy (non-hydrogen) atoms. The maximum atomic E-state index is 13.5. The van der Waals surface area contributed by atoms with Crippen LogP contribution in [0.1, 0.15) is 17.2 Å². The van der Waals surface area contributed by atoms with Gasteiger partial charge in [-0.2, -0.15) is 0 Å². The van der Waals surface area contributed by atoms with Gasteiger partial charge in [-0.05, 0) is 30.2 Å². The Kier molecular flexibility index (Phi) is 7.19. The van der Waals surface area contributed by atoms with Crippen molar-refractivity contribution in [1.29, 1.82) is 0 Å². The highest BCUT2D eigenvalue weighted by Gasteiger charge is 2.46. The number of benzene rings is 2. The Morgan fingerprint density at radius 3 is 2.27 bits per heavy atom. The first-order chi connectivity index (χ1) is 14.5. The largest absolute Gasteiger partial charge is 0.335 e. The van der Waals surface area contributed by atoms with Crippen LogP contribution in [0.3, 0.4) is 0 Å². The summed E-state index contributed by atoms with van der Waals surface area (Å²) in [6, 6.07) is 17.1. The molecule has 4 nitrogen and oxygen atoms in total. The third-order valence-corrected chi connectivity index (χ3v) is 6.74. The Hall–Kier alpha value is -2.76. The zero-order valence-electron chi connectivity index (χ0n) is 17.4. The maximum absolute atomic E-state index is 13.5. The second-order valence-electron chi connectivity index (χ2n) is 7.45. The summed E-state index contributed by atoms with van der Waals surface area (Å²) in [6.45, 7) is 15.0. The number of aryl methyl sites for hydroxylation is 1. The molecule has 1 unspecified atom stereocenters. The van der Waals surface area contributed by atoms with Gasteiger partial charge in [-0.3, -0.25) is 4.79 Å². The molecule has 0 N–H and O–H groups in total. The smallest absolute Gasteiger partial charge is 0.232 e. The molecule has 0 saturated carbocycles. The van der Waals surface area contributed by atoms with E-state index in [0.717, 1.165) is 21.6 Å². The van der Waals surface area contributed by atoms with Crippen molar-refractivity contribution in [3.8, 4) is 0 Å². The predicted octanol–water partition coefficient (Wildman–Crippen LogP) is 4.45. The predicted molar refractivity (Wildman–Crippen MR) is 123 cm³/mol. The molecular formula is C25H28N2O2S. The highest BCUT2D eigenvalue weighted by atomic mass is 32.2. The van der Waals surface area contributed by atoms with Crippen molar-refractivity contribution < 1.29 is 9.00 Å². The van der Waals surface area contributed by atoms with E-state index in [9.17, 15) is 9.00 Å². The molecule has 1 fully saturated rings. The number of rotatable bonds is 8. The van der Waals surface area contributed by atoms with Crippen LogP contribution >= 0.6 is 0 Å². The number of carbonyl (C=O) groups excluding carboxylic acids is 1. The van der Waals surface area contributed by atoms with Gasteiger partial charge in [-0.25, -0.2) is 8.51 Å². The average Bonchev–Trinajstić information content (AvgIpc) is 3.10. The van der Waals surface area contributed by atoms with E-state index in [2.05, 4.69) is 19.7 Å². The minimum Gasteiger partial charge on any atom is -0.335 e. The summed E-state index contributed by atoms with van der Waals surface area (Å²) < 4.78 is 15.4. The average molecular weight is 421 g/mol. The molecule has 2 aromatic rings. The molecule has 1 aliphatic heterocycles. The molecular weight excluding hydrogens is 392 g/mol. The molecule has 0 bridgehead atoms. The molecule has 5 heteroatoms. The van der Waals surface area contributed by atoms with Gasteiger partial charge >= 0.3 is 0 Å². The Balaban J connectivity index is 2.02. The van der Waals surface area contributed by atoms with Crippen molar-refractivity contribution in [2.75, 3.05) is 19.6 Å².